The molecule has 6 heteroatoms. The Morgan fingerprint density at radius 1 is 1.44 bits per heavy atom. The lowest BCUT2D eigenvalue weighted by atomic mass is 9.85. The van der Waals surface area contributed by atoms with Crippen molar-refractivity contribution in [1.82, 2.24) is 5.32 Å². The highest BCUT2D eigenvalue weighted by atomic mass is 32.2. The van der Waals surface area contributed by atoms with E-state index in [2.05, 4.69) is 5.32 Å². The zero-order valence-corrected chi connectivity index (χ0v) is 10.4. The molecule has 5 nitrogen and oxygen atoms in total. The van der Waals surface area contributed by atoms with Crippen molar-refractivity contribution in [2.45, 2.75) is 31.7 Å². The van der Waals surface area contributed by atoms with Crippen LogP contribution in [0.5, 0.6) is 0 Å². The van der Waals surface area contributed by atoms with Crippen molar-refractivity contribution in [2.24, 2.45) is 11.7 Å². The maximum absolute atomic E-state index is 11.7. The Balaban J connectivity index is 2.29. The van der Waals surface area contributed by atoms with Crippen LogP contribution in [0, 0.1) is 5.92 Å². The third-order valence-corrected chi connectivity index (χ3v) is 3.80. The second-order valence-corrected chi connectivity index (χ2v) is 6.80. The number of carbonyl (C=O) groups excluding carboxylic acids is 1. The predicted octanol–water partition coefficient (Wildman–Crippen LogP) is -0.335. The highest BCUT2D eigenvalue weighted by Gasteiger charge is 2.24. The zero-order valence-electron chi connectivity index (χ0n) is 9.61. The van der Waals surface area contributed by atoms with Crippen LogP contribution in [0.2, 0.25) is 0 Å². The molecule has 1 saturated carbocycles. The van der Waals surface area contributed by atoms with E-state index < -0.39 is 9.84 Å². The van der Waals surface area contributed by atoms with Crippen molar-refractivity contribution < 1.29 is 13.2 Å². The van der Waals surface area contributed by atoms with Gasteiger partial charge in [-0.1, -0.05) is 6.42 Å². The quantitative estimate of drug-likeness (QED) is 0.712. The third-order valence-electron chi connectivity index (χ3n) is 2.86. The van der Waals surface area contributed by atoms with Gasteiger partial charge in [-0.3, -0.25) is 4.79 Å². The fourth-order valence-electron chi connectivity index (χ4n) is 1.97. The van der Waals surface area contributed by atoms with Gasteiger partial charge in [-0.15, -0.1) is 0 Å². The SMILES string of the molecule is CS(=O)(=O)CCNC(=O)C1CCCC(N)C1. The standard InChI is InChI=1S/C10H20N2O3S/c1-16(14,15)6-5-12-10(13)8-3-2-4-9(11)7-8/h8-9H,2-7,11H2,1H3,(H,12,13). The summed E-state index contributed by atoms with van der Waals surface area (Å²) in [6, 6.07) is 0.111. The average molecular weight is 248 g/mol. The molecule has 1 rings (SSSR count). The minimum absolute atomic E-state index is 0.00247. The largest absolute Gasteiger partial charge is 0.355 e. The summed E-state index contributed by atoms with van der Waals surface area (Å²) in [4.78, 5) is 11.7. The van der Waals surface area contributed by atoms with Gasteiger partial charge in [0.1, 0.15) is 9.84 Å². The molecule has 0 aromatic carbocycles. The summed E-state index contributed by atoms with van der Waals surface area (Å²) in [7, 11) is -3.00. The summed E-state index contributed by atoms with van der Waals surface area (Å²) < 4.78 is 21.7. The van der Waals surface area contributed by atoms with E-state index in [-0.39, 0.29) is 30.2 Å². The summed E-state index contributed by atoms with van der Waals surface area (Å²) in [5.74, 6) is -0.0977. The van der Waals surface area contributed by atoms with Gasteiger partial charge in [0.25, 0.3) is 0 Å². The summed E-state index contributed by atoms with van der Waals surface area (Å²) >= 11 is 0. The van der Waals surface area contributed by atoms with Crippen LogP contribution >= 0.6 is 0 Å². The number of hydrogen-bond acceptors (Lipinski definition) is 4. The summed E-state index contributed by atoms with van der Waals surface area (Å²) in [6.45, 7) is 0.198. The van der Waals surface area contributed by atoms with Gasteiger partial charge in [0.2, 0.25) is 5.91 Å². The van der Waals surface area contributed by atoms with E-state index in [1.165, 1.54) is 0 Å². The molecule has 2 unspecified atom stereocenters. The number of hydrogen-bond donors (Lipinski definition) is 2. The van der Waals surface area contributed by atoms with Crippen molar-refractivity contribution in [3.8, 4) is 0 Å². The Labute approximate surface area is 96.7 Å². The summed E-state index contributed by atoms with van der Waals surface area (Å²) in [6.07, 6.45) is 4.69. The van der Waals surface area contributed by atoms with E-state index in [1.807, 2.05) is 0 Å². The molecule has 3 N–H and O–H groups in total. The van der Waals surface area contributed by atoms with Crippen molar-refractivity contribution in [2.75, 3.05) is 18.6 Å². The van der Waals surface area contributed by atoms with E-state index in [0.717, 1.165) is 25.5 Å². The van der Waals surface area contributed by atoms with E-state index in [1.54, 1.807) is 0 Å². The topological polar surface area (TPSA) is 89.3 Å². The van der Waals surface area contributed by atoms with Crippen LogP contribution in [0.4, 0.5) is 0 Å². The smallest absolute Gasteiger partial charge is 0.223 e. The fourth-order valence-corrected chi connectivity index (χ4v) is 2.44. The number of carbonyl (C=O) groups is 1. The monoisotopic (exact) mass is 248 g/mol. The fraction of sp³-hybridized carbons (Fsp3) is 0.900. The summed E-state index contributed by atoms with van der Waals surface area (Å²) in [5.41, 5.74) is 5.78. The molecule has 0 saturated heterocycles. The Hall–Kier alpha value is -0.620. The van der Waals surface area contributed by atoms with E-state index >= 15 is 0 Å². The summed E-state index contributed by atoms with van der Waals surface area (Å²) in [5, 5.41) is 2.66. The van der Waals surface area contributed by atoms with Gasteiger partial charge in [0, 0.05) is 24.8 Å². The molecule has 16 heavy (non-hydrogen) atoms. The number of nitrogens with one attached hydrogen (secondary N) is 1. The van der Waals surface area contributed by atoms with Crippen LogP contribution in [0.3, 0.4) is 0 Å². The molecular weight excluding hydrogens is 228 g/mol. The van der Waals surface area contributed by atoms with Gasteiger partial charge >= 0.3 is 0 Å². The van der Waals surface area contributed by atoms with Crippen molar-refractivity contribution >= 4 is 15.7 Å². The first-order chi connectivity index (χ1) is 7.38. The molecule has 1 aliphatic rings. The molecule has 0 bridgehead atoms. The van der Waals surface area contributed by atoms with Crippen LogP contribution in [-0.2, 0) is 14.6 Å². The second kappa shape index (κ2) is 5.63. The molecule has 0 aromatic rings. The number of amides is 1. The van der Waals surface area contributed by atoms with Gasteiger partial charge < -0.3 is 11.1 Å². The minimum atomic E-state index is -3.00. The molecule has 2 atom stereocenters. The molecule has 1 aliphatic carbocycles. The number of nitrogens with two attached hydrogens (primary N) is 1. The first-order valence-electron chi connectivity index (χ1n) is 5.59. The van der Waals surface area contributed by atoms with Crippen LogP contribution in [0.25, 0.3) is 0 Å². The lowest BCUT2D eigenvalue weighted by Gasteiger charge is -2.25. The molecule has 0 radical (unpaired) electrons. The van der Waals surface area contributed by atoms with E-state index in [4.69, 9.17) is 5.73 Å². The second-order valence-electron chi connectivity index (χ2n) is 4.54. The first kappa shape index (κ1) is 13.4. The lowest BCUT2D eigenvalue weighted by Crippen LogP contribution is -2.39. The molecular formula is C10H20N2O3S. The average Bonchev–Trinajstić information content (AvgIpc) is 2.15. The van der Waals surface area contributed by atoms with Crippen LogP contribution in [0.15, 0.2) is 0 Å². The third kappa shape index (κ3) is 4.94. The van der Waals surface area contributed by atoms with Crippen molar-refractivity contribution in [3.63, 3.8) is 0 Å². The molecule has 0 spiro atoms. The minimum Gasteiger partial charge on any atom is -0.355 e. The maximum Gasteiger partial charge on any atom is 0.223 e. The van der Waals surface area contributed by atoms with Crippen molar-refractivity contribution in [1.29, 1.82) is 0 Å². The normalized spacial score (nSPS) is 26.4. The predicted molar refractivity (Wildman–Crippen MR) is 62.7 cm³/mol. The van der Waals surface area contributed by atoms with Crippen LogP contribution in [-0.4, -0.2) is 38.9 Å². The Morgan fingerprint density at radius 3 is 2.69 bits per heavy atom. The van der Waals surface area contributed by atoms with Gasteiger partial charge in [-0.2, -0.15) is 0 Å². The van der Waals surface area contributed by atoms with E-state index in [9.17, 15) is 13.2 Å². The molecule has 0 aliphatic heterocycles. The lowest BCUT2D eigenvalue weighted by molar-refractivity contribution is -0.125. The molecule has 0 heterocycles. The van der Waals surface area contributed by atoms with E-state index in [0.29, 0.717) is 6.42 Å². The number of sulfone groups is 1. The highest BCUT2D eigenvalue weighted by molar-refractivity contribution is 7.90. The van der Waals surface area contributed by atoms with Gasteiger partial charge in [0.15, 0.2) is 0 Å². The Kier molecular flexibility index (Phi) is 4.73. The highest BCUT2D eigenvalue weighted by Crippen LogP contribution is 2.22. The van der Waals surface area contributed by atoms with Gasteiger partial charge in [-0.05, 0) is 19.3 Å². The Morgan fingerprint density at radius 2 is 2.12 bits per heavy atom. The van der Waals surface area contributed by atoms with Crippen LogP contribution in [0.1, 0.15) is 25.7 Å². The van der Waals surface area contributed by atoms with Crippen LogP contribution < -0.4 is 11.1 Å². The number of rotatable bonds is 4. The molecule has 94 valence electrons. The maximum atomic E-state index is 11.7. The van der Waals surface area contributed by atoms with Gasteiger partial charge in [0.05, 0.1) is 5.75 Å². The molecule has 0 aromatic heterocycles. The van der Waals surface area contributed by atoms with Crippen molar-refractivity contribution in [3.05, 3.63) is 0 Å². The molecule has 1 fully saturated rings. The first-order valence-corrected chi connectivity index (χ1v) is 7.65. The van der Waals surface area contributed by atoms with Gasteiger partial charge in [-0.25, -0.2) is 8.42 Å². The Bertz CT molecular complexity index is 340. The molecule has 1 amide bonds. The zero-order chi connectivity index (χ0) is 12.2.